The lowest BCUT2D eigenvalue weighted by Crippen LogP contribution is -2.17. The molecule has 3 rings (SSSR count). The number of hydrogen-bond acceptors (Lipinski definition) is 2. The molecular weight excluding hydrogens is 281 g/mol. The third-order valence-corrected chi connectivity index (χ3v) is 3.64. The van der Waals surface area contributed by atoms with Crippen molar-refractivity contribution in [3.8, 4) is 0 Å². The van der Waals surface area contributed by atoms with Crippen LogP contribution in [0.25, 0.3) is 11.0 Å². The fourth-order valence-electron chi connectivity index (χ4n) is 2.50. The molecule has 5 heteroatoms. The van der Waals surface area contributed by atoms with Crippen molar-refractivity contribution < 1.29 is 9.18 Å². The van der Waals surface area contributed by atoms with Gasteiger partial charge in [0, 0.05) is 12.1 Å². The standard InChI is InChI=1S/C17H16FN3O/c1-3-21-15-7-5-4-6-14(15)19-17(21)20-16(22)13-10-12(18)9-8-11(13)2/h4-10H,3H2,1-2H3,(H,19,20,22). The van der Waals surface area contributed by atoms with Crippen LogP contribution in [0, 0.1) is 12.7 Å². The van der Waals surface area contributed by atoms with Gasteiger partial charge in [-0.05, 0) is 43.7 Å². The number of imidazole rings is 1. The van der Waals surface area contributed by atoms with Crippen LogP contribution >= 0.6 is 0 Å². The van der Waals surface area contributed by atoms with Crippen LogP contribution in [0.2, 0.25) is 0 Å². The second kappa shape index (κ2) is 5.60. The van der Waals surface area contributed by atoms with Gasteiger partial charge in [0.25, 0.3) is 5.91 Å². The van der Waals surface area contributed by atoms with Gasteiger partial charge in [0.05, 0.1) is 11.0 Å². The number of fused-ring (bicyclic) bond motifs is 1. The van der Waals surface area contributed by atoms with Crippen molar-refractivity contribution in [3.63, 3.8) is 0 Å². The van der Waals surface area contributed by atoms with Crippen LogP contribution in [0.15, 0.2) is 42.5 Å². The molecule has 0 atom stereocenters. The summed E-state index contributed by atoms with van der Waals surface area (Å²) in [5.41, 5.74) is 2.81. The van der Waals surface area contributed by atoms with Crippen LogP contribution in [0.3, 0.4) is 0 Å². The van der Waals surface area contributed by atoms with Crippen LogP contribution < -0.4 is 5.32 Å². The number of nitrogens with one attached hydrogen (secondary N) is 1. The minimum atomic E-state index is -0.431. The Hall–Kier alpha value is -2.69. The van der Waals surface area contributed by atoms with E-state index in [1.807, 2.05) is 35.8 Å². The van der Waals surface area contributed by atoms with Crippen molar-refractivity contribution in [1.29, 1.82) is 0 Å². The highest BCUT2D eigenvalue weighted by Gasteiger charge is 2.15. The zero-order valence-corrected chi connectivity index (χ0v) is 12.4. The Kier molecular flexibility index (Phi) is 3.63. The van der Waals surface area contributed by atoms with Gasteiger partial charge in [-0.3, -0.25) is 10.1 Å². The predicted molar refractivity (Wildman–Crippen MR) is 84.5 cm³/mol. The second-order valence-electron chi connectivity index (χ2n) is 5.08. The first-order valence-corrected chi connectivity index (χ1v) is 7.13. The molecule has 3 aromatic rings. The summed E-state index contributed by atoms with van der Waals surface area (Å²) in [4.78, 5) is 16.8. The number of rotatable bonds is 3. The Labute approximate surface area is 127 Å². The SMILES string of the molecule is CCn1c(NC(=O)c2cc(F)ccc2C)nc2ccccc21. The fourth-order valence-corrected chi connectivity index (χ4v) is 2.50. The van der Waals surface area contributed by atoms with Crippen molar-refractivity contribution in [3.05, 3.63) is 59.4 Å². The number of carbonyl (C=O) groups is 1. The molecule has 4 nitrogen and oxygen atoms in total. The number of carbonyl (C=O) groups excluding carboxylic acids is 1. The van der Waals surface area contributed by atoms with E-state index in [-0.39, 0.29) is 5.91 Å². The summed E-state index contributed by atoms with van der Waals surface area (Å²) < 4.78 is 15.3. The number of nitrogens with zero attached hydrogens (tertiary/aromatic N) is 2. The minimum absolute atomic E-state index is 0.315. The van der Waals surface area contributed by atoms with E-state index in [0.29, 0.717) is 18.1 Å². The number of amides is 1. The average Bonchev–Trinajstić information content (AvgIpc) is 2.86. The molecule has 112 valence electrons. The molecule has 1 aromatic heterocycles. The number of hydrogen-bond donors (Lipinski definition) is 1. The molecule has 1 amide bonds. The number of anilines is 1. The Morgan fingerprint density at radius 1 is 1.27 bits per heavy atom. The molecule has 0 unspecified atom stereocenters. The van der Waals surface area contributed by atoms with Crippen LogP contribution in [0.1, 0.15) is 22.8 Å². The summed E-state index contributed by atoms with van der Waals surface area (Å²) in [5, 5.41) is 2.78. The molecule has 0 bridgehead atoms. The van der Waals surface area contributed by atoms with Gasteiger partial charge in [-0.2, -0.15) is 0 Å². The van der Waals surface area contributed by atoms with E-state index in [0.717, 1.165) is 16.6 Å². The van der Waals surface area contributed by atoms with Crippen molar-refractivity contribution in [2.24, 2.45) is 0 Å². The van der Waals surface area contributed by atoms with Crippen LogP contribution in [0.4, 0.5) is 10.3 Å². The van der Waals surface area contributed by atoms with Gasteiger partial charge in [0.1, 0.15) is 5.82 Å². The van der Waals surface area contributed by atoms with Crippen molar-refractivity contribution in [2.75, 3.05) is 5.32 Å². The molecule has 22 heavy (non-hydrogen) atoms. The average molecular weight is 297 g/mol. The molecule has 2 aromatic carbocycles. The normalized spacial score (nSPS) is 10.9. The van der Waals surface area contributed by atoms with Gasteiger partial charge < -0.3 is 4.57 Å². The molecular formula is C17H16FN3O. The van der Waals surface area contributed by atoms with Gasteiger partial charge >= 0.3 is 0 Å². The summed E-state index contributed by atoms with van der Waals surface area (Å²) in [6, 6.07) is 11.8. The van der Waals surface area contributed by atoms with Gasteiger partial charge in [-0.15, -0.1) is 0 Å². The van der Waals surface area contributed by atoms with Crippen molar-refractivity contribution in [2.45, 2.75) is 20.4 Å². The monoisotopic (exact) mass is 297 g/mol. The summed E-state index contributed by atoms with van der Waals surface area (Å²) >= 11 is 0. The molecule has 0 radical (unpaired) electrons. The van der Waals surface area contributed by atoms with Gasteiger partial charge in [0.2, 0.25) is 5.95 Å². The highest BCUT2D eigenvalue weighted by atomic mass is 19.1. The van der Waals surface area contributed by atoms with Gasteiger partial charge in [0.15, 0.2) is 0 Å². The summed E-state index contributed by atoms with van der Waals surface area (Å²) in [5.74, 6) is -0.320. The summed E-state index contributed by atoms with van der Waals surface area (Å²) in [6.07, 6.45) is 0. The maximum atomic E-state index is 13.4. The van der Waals surface area contributed by atoms with Crippen LogP contribution in [-0.4, -0.2) is 15.5 Å². The molecule has 0 aliphatic heterocycles. The zero-order chi connectivity index (χ0) is 15.7. The first-order chi connectivity index (χ1) is 10.6. The Morgan fingerprint density at radius 3 is 2.82 bits per heavy atom. The Morgan fingerprint density at radius 2 is 2.05 bits per heavy atom. The number of para-hydroxylation sites is 2. The summed E-state index contributed by atoms with van der Waals surface area (Å²) in [7, 11) is 0. The number of aromatic nitrogens is 2. The lowest BCUT2D eigenvalue weighted by molar-refractivity contribution is 0.102. The van der Waals surface area contributed by atoms with Crippen LogP contribution in [-0.2, 0) is 6.54 Å². The number of benzene rings is 2. The van der Waals surface area contributed by atoms with E-state index in [1.54, 1.807) is 13.0 Å². The van der Waals surface area contributed by atoms with Gasteiger partial charge in [-0.1, -0.05) is 18.2 Å². The van der Waals surface area contributed by atoms with E-state index < -0.39 is 5.82 Å². The third kappa shape index (κ3) is 2.45. The first-order valence-electron chi connectivity index (χ1n) is 7.13. The van der Waals surface area contributed by atoms with E-state index in [1.165, 1.54) is 12.1 Å². The minimum Gasteiger partial charge on any atom is -0.310 e. The smallest absolute Gasteiger partial charge is 0.258 e. The number of aryl methyl sites for hydroxylation is 2. The molecule has 0 aliphatic rings. The van der Waals surface area contributed by atoms with E-state index in [9.17, 15) is 9.18 Å². The Balaban J connectivity index is 1.99. The second-order valence-corrected chi connectivity index (χ2v) is 5.08. The topological polar surface area (TPSA) is 46.9 Å². The molecule has 0 spiro atoms. The summed E-state index contributed by atoms with van der Waals surface area (Å²) in [6.45, 7) is 4.44. The highest BCUT2D eigenvalue weighted by molar-refractivity contribution is 6.05. The first kappa shape index (κ1) is 14.3. The molecule has 0 fully saturated rings. The Bertz CT molecular complexity index is 854. The molecule has 1 N–H and O–H groups in total. The van der Waals surface area contributed by atoms with E-state index in [4.69, 9.17) is 0 Å². The number of halogens is 1. The predicted octanol–water partition coefficient (Wildman–Crippen LogP) is 3.76. The molecule has 0 saturated heterocycles. The quantitative estimate of drug-likeness (QED) is 0.800. The molecule has 0 saturated carbocycles. The fraction of sp³-hybridized carbons (Fsp3) is 0.176. The van der Waals surface area contributed by atoms with Crippen molar-refractivity contribution >= 4 is 22.9 Å². The maximum absolute atomic E-state index is 13.4. The maximum Gasteiger partial charge on any atom is 0.258 e. The highest BCUT2D eigenvalue weighted by Crippen LogP contribution is 2.20. The largest absolute Gasteiger partial charge is 0.310 e. The zero-order valence-electron chi connectivity index (χ0n) is 12.4. The van der Waals surface area contributed by atoms with Gasteiger partial charge in [-0.25, -0.2) is 9.37 Å². The third-order valence-electron chi connectivity index (χ3n) is 3.64. The lowest BCUT2D eigenvalue weighted by Gasteiger charge is -2.09. The van der Waals surface area contributed by atoms with Crippen molar-refractivity contribution in [1.82, 2.24) is 9.55 Å². The van der Waals surface area contributed by atoms with E-state index in [2.05, 4.69) is 10.3 Å². The lowest BCUT2D eigenvalue weighted by atomic mass is 10.1. The molecule has 0 aliphatic carbocycles. The van der Waals surface area contributed by atoms with E-state index >= 15 is 0 Å². The van der Waals surface area contributed by atoms with Crippen LogP contribution in [0.5, 0.6) is 0 Å². The molecule has 1 heterocycles.